The largest absolute Gasteiger partial charge is 0.374 e. The first-order chi connectivity index (χ1) is 6.04. The number of thiol groups is 1. The third-order valence-corrected chi connectivity index (χ3v) is 3.05. The van der Waals surface area contributed by atoms with Gasteiger partial charge in [0, 0.05) is 18.6 Å². The van der Waals surface area contributed by atoms with Gasteiger partial charge in [0.2, 0.25) is 0 Å². The van der Waals surface area contributed by atoms with Crippen molar-refractivity contribution in [1.82, 2.24) is 4.90 Å². The highest BCUT2D eigenvalue weighted by Crippen LogP contribution is 2.18. The molecule has 1 fully saturated rings. The van der Waals surface area contributed by atoms with Crippen LogP contribution in [0.4, 0.5) is 0 Å². The molecule has 1 saturated heterocycles. The standard InChI is InChI=1S/C8H18N2OS2/c1-8(2,9)7-5-10(6-13-12)3-4-11-7/h7,12H,3-6,9H2,1-2H3/t7-/m1/s1. The molecule has 1 atom stereocenters. The van der Waals surface area contributed by atoms with Gasteiger partial charge in [-0.15, -0.1) is 11.7 Å². The molecule has 0 aromatic rings. The molecule has 3 nitrogen and oxygen atoms in total. The van der Waals surface area contributed by atoms with Crippen LogP contribution in [-0.4, -0.2) is 42.1 Å². The predicted octanol–water partition coefficient (Wildman–Crippen LogP) is 0.960. The first-order valence-corrected chi connectivity index (χ1v) is 6.47. The quantitative estimate of drug-likeness (QED) is 0.551. The zero-order valence-electron chi connectivity index (χ0n) is 8.19. The van der Waals surface area contributed by atoms with Crippen LogP contribution in [0.3, 0.4) is 0 Å². The molecule has 5 heteroatoms. The molecular weight excluding hydrogens is 204 g/mol. The van der Waals surface area contributed by atoms with E-state index in [-0.39, 0.29) is 11.6 Å². The van der Waals surface area contributed by atoms with Crippen LogP contribution in [-0.2, 0) is 4.74 Å². The number of hydrogen-bond donors (Lipinski definition) is 2. The van der Waals surface area contributed by atoms with E-state index in [2.05, 4.69) is 16.6 Å². The fraction of sp³-hybridized carbons (Fsp3) is 1.00. The number of nitrogens with two attached hydrogens (primary N) is 1. The van der Waals surface area contributed by atoms with Crippen molar-refractivity contribution in [3.8, 4) is 0 Å². The van der Waals surface area contributed by atoms with Gasteiger partial charge in [0.05, 0.1) is 18.6 Å². The molecule has 0 aromatic carbocycles. The van der Waals surface area contributed by atoms with Crippen molar-refractivity contribution >= 4 is 22.5 Å². The molecule has 1 rings (SSSR count). The minimum atomic E-state index is -0.250. The summed E-state index contributed by atoms with van der Waals surface area (Å²) in [4.78, 5) is 2.32. The molecule has 13 heavy (non-hydrogen) atoms. The van der Waals surface area contributed by atoms with E-state index in [9.17, 15) is 0 Å². The number of morpholine rings is 1. The Hall–Kier alpha value is 0.580. The molecule has 0 aromatic heterocycles. The average molecular weight is 222 g/mol. The summed E-state index contributed by atoms with van der Waals surface area (Å²) in [5.41, 5.74) is 5.74. The van der Waals surface area contributed by atoms with Crippen molar-refractivity contribution in [3.05, 3.63) is 0 Å². The Bertz CT molecular complexity index is 159. The van der Waals surface area contributed by atoms with Crippen LogP contribution >= 0.6 is 22.5 Å². The van der Waals surface area contributed by atoms with Crippen LogP contribution in [0, 0.1) is 0 Å². The van der Waals surface area contributed by atoms with Gasteiger partial charge in [-0.1, -0.05) is 10.8 Å². The van der Waals surface area contributed by atoms with Gasteiger partial charge in [0.1, 0.15) is 0 Å². The highest BCUT2D eigenvalue weighted by Gasteiger charge is 2.30. The summed E-state index contributed by atoms with van der Waals surface area (Å²) >= 11 is 4.14. The van der Waals surface area contributed by atoms with E-state index in [1.807, 2.05) is 13.8 Å². The topological polar surface area (TPSA) is 38.5 Å². The number of hydrogen-bond acceptors (Lipinski definition) is 5. The summed E-state index contributed by atoms with van der Waals surface area (Å²) in [7, 11) is 1.54. The van der Waals surface area contributed by atoms with E-state index in [4.69, 9.17) is 10.5 Å². The monoisotopic (exact) mass is 222 g/mol. The number of rotatable bonds is 3. The van der Waals surface area contributed by atoms with Crippen molar-refractivity contribution in [3.63, 3.8) is 0 Å². The van der Waals surface area contributed by atoms with E-state index in [1.165, 1.54) is 0 Å². The SMILES string of the molecule is CC(C)(N)[C@H]1CN(CSS)CCO1. The molecule has 78 valence electrons. The van der Waals surface area contributed by atoms with Crippen molar-refractivity contribution in [2.45, 2.75) is 25.5 Å². The van der Waals surface area contributed by atoms with Gasteiger partial charge in [0.25, 0.3) is 0 Å². The van der Waals surface area contributed by atoms with Crippen LogP contribution in [0.1, 0.15) is 13.8 Å². The lowest BCUT2D eigenvalue weighted by molar-refractivity contribution is -0.0530. The summed E-state index contributed by atoms with van der Waals surface area (Å²) < 4.78 is 5.62. The van der Waals surface area contributed by atoms with Crippen molar-refractivity contribution in [2.75, 3.05) is 25.6 Å². The van der Waals surface area contributed by atoms with E-state index in [0.29, 0.717) is 0 Å². The Kier molecular flexibility index (Phi) is 4.38. The minimum absolute atomic E-state index is 0.140. The minimum Gasteiger partial charge on any atom is -0.374 e. The van der Waals surface area contributed by atoms with Crippen LogP contribution in [0.15, 0.2) is 0 Å². The predicted molar refractivity (Wildman–Crippen MR) is 61.0 cm³/mol. The maximum absolute atomic E-state index is 5.99. The highest BCUT2D eigenvalue weighted by molar-refractivity contribution is 8.68. The van der Waals surface area contributed by atoms with Gasteiger partial charge >= 0.3 is 0 Å². The molecular formula is C8H18N2OS2. The van der Waals surface area contributed by atoms with Crippen LogP contribution in [0.25, 0.3) is 0 Å². The molecule has 2 N–H and O–H groups in total. The Balaban J connectivity index is 2.42. The molecule has 0 amide bonds. The molecule has 0 saturated carbocycles. The number of nitrogens with zero attached hydrogens (tertiary/aromatic N) is 1. The fourth-order valence-electron chi connectivity index (χ4n) is 1.35. The second-order valence-electron chi connectivity index (χ2n) is 4.02. The number of ether oxygens (including phenoxy) is 1. The zero-order chi connectivity index (χ0) is 9.90. The van der Waals surface area contributed by atoms with Crippen LogP contribution < -0.4 is 5.73 Å². The van der Waals surface area contributed by atoms with Crippen LogP contribution in [0.5, 0.6) is 0 Å². The Labute approximate surface area is 89.2 Å². The van der Waals surface area contributed by atoms with Crippen molar-refractivity contribution < 1.29 is 4.74 Å². The summed E-state index contributed by atoms with van der Waals surface area (Å²) in [6.45, 7) is 6.70. The zero-order valence-corrected chi connectivity index (χ0v) is 9.90. The van der Waals surface area contributed by atoms with Gasteiger partial charge in [0.15, 0.2) is 0 Å². The van der Waals surface area contributed by atoms with Gasteiger partial charge in [-0.05, 0) is 13.8 Å². The third-order valence-electron chi connectivity index (χ3n) is 2.22. The lowest BCUT2D eigenvalue weighted by Crippen LogP contribution is -2.55. The van der Waals surface area contributed by atoms with Crippen molar-refractivity contribution in [1.29, 1.82) is 0 Å². The summed E-state index contributed by atoms with van der Waals surface area (Å²) in [5.74, 6) is 0.944. The van der Waals surface area contributed by atoms with Gasteiger partial charge in [-0.25, -0.2) is 0 Å². The van der Waals surface area contributed by atoms with Gasteiger partial charge in [-0.2, -0.15) is 0 Å². The Morgan fingerprint density at radius 3 is 2.92 bits per heavy atom. The lowest BCUT2D eigenvalue weighted by atomic mass is 9.97. The van der Waals surface area contributed by atoms with Gasteiger partial charge < -0.3 is 10.5 Å². The molecule has 0 spiro atoms. The molecule has 0 aliphatic carbocycles. The molecule has 0 bridgehead atoms. The molecule has 0 radical (unpaired) electrons. The first-order valence-electron chi connectivity index (χ1n) is 4.43. The summed E-state index contributed by atoms with van der Waals surface area (Å²) in [6, 6.07) is 0. The van der Waals surface area contributed by atoms with E-state index >= 15 is 0 Å². The Morgan fingerprint density at radius 1 is 1.69 bits per heavy atom. The molecule has 1 aliphatic rings. The molecule has 0 unspecified atom stereocenters. The molecule has 1 heterocycles. The van der Waals surface area contributed by atoms with E-state index < -0.39 is 0 Å². The first kappa shape index (κ1) is 11.7. The normalized spacial score (nSPS) is 26.3. The van der Waals surface area contributed by atoms with E-state index in [0.717, 1.165) is 25.6 Å². The summed E-state index contributed by atoms with van der Waals surface area (Å²) in [6.07, 6.45) is 0.140. The third kappa shape index (κ3) is 3.67. The van der Waals surface area contributed by atoms with Gasteiger partial charge in [-0.3, -0.25) is 4.90 Å². The second kappa shape index (κ2) is 4.89. The molecule has 1 aliphatic heterocycles. The average Bonchev–Trinajstić information content (AvgIpc) is 2.04. The highest BCUT2D eigenvalue weighted by atomic mass is 33.1. The smallest absolute Gasteiger partial charge is 0.0876 e. The second-order valence-corrected chi connectivity index (χ2v) is 5.31. The van der Waals surface area contributed by atoms with E-state index in [1.54, 1.807) is 10.8 Å². The van der Waals surface area contributed by atoms with Crippen LogP contribution in [0.2, 0.25) is 0 Å². The maximum atomic E-state index is 5.99. The maximum Gasteiger partial charge on any atom is 0.0876 e. The Morgan fingerprint density at radius 2 is 2.38 bits per heavy atom. The fourth-order valence-corrected chi connectivity index (χ4v) is 2.24. The summed E-state index contributed by atoms with van der Waals surface area (Å²) in [5, 5.41) is 0. The van der Waals surface area contributed by atoms with Crippen molar-refractivity contribution in [2.24, 2.45) is 5.73 Å². The lowest BCUT2D eigenvalue weighted by Gasteiger charge is -2.38.